The molecule has 5 heteroatoms. The SMILES string of the molecule is CNCc1ncnn1Cc1cc(F)ccc1C. The van der Waals surface area contributed by atoms with Crippen LogP contribution in [0.2, 0.25) is 0 Å². The summed E-state index contributed by atoms with van der Waals surface area (Å²) in [5.41, 5.74) is 1.98. The Bertz CT molecular complexity index is 507. The summed E-state index contributed by atoms with van der Waals surface area (Å²) in [6, 6.07) is 4.79. The van der Waals surface area contributed by atoms with E-state index in [1.807, 2.05) is 14.0 Å². The smallest absolute Gasteiger partial charge is 0.141 e. The van der Waals surface area contributed by atoms with Gasteiger partial charge in [-0.05, 0) is 37.2 Å². The first kappa shape index (κ1) is 11.7. The van der Waals surface area contributed by atoms with Crippen molar-refractivity contribution in [3.63, 3.8) is 0 Å². The Morgan fingerprint density at radius 1 is 1.41 bits per heavy atom. The maximum atomic E-state index is 13.2. The fraction of sp³-hybridized carbons (Fsp3) is 0.333. The number of aryl methyl sites for hydroxylation is 1. The molecule has 0 aliphatic rings. The van der Waals surface area contributed by atoms with E-state index >= 15 is 0 Å². The molecule has 0 spiro atoms. The summed E-state index contributed by atoms with van der Waals surface area (Å²) < 4.78 is 14.9. The summed E-state index contributed by atoms with van der Waals surface area (Å²) >= 11 is 0. The highest BCUT2D eigenvalue weighted by Crippen LogP contribution is 2.12. The lowest BCUT2D eigenvalue weighted by Gasteiger charge is -2.08. The Kier molecular flexibility index (Phi) is 3.49. The molecule has 2 rings (SSSR count). The minimum absolute atomic E-state index is 0.221. The van der Waals surface area contributed by atoms with Crippen LogP contribution in [-0.2, 0) is 13.1 Å². The minimum Gasteiger partial charge on any atom is -0.313 e. The van der Waals surface area contributed by atoms with Gasteiger partial charge in [-0.25, -0.2) is 14.1 Å². The third-order valence-electron chi connectivity index (χ3n) is 2.66. The number of benzene rings is 1. The van der Waals surface area contributed by atoms with Gasteiger partial charge in [-0.3, -0.25) is 0 Å². The van der Waals surface area contributed by atoms with Crippen molar-refractivity contribution in [2.24, 2.45) is 0 Å². The summed E-state index contributed by atoms with van der Waals surface area (Å²) in [5, 5.41) is 7.17. The third-order valence-corrected chi connectivity index (χ3v) is 2.66. The summed E-state index contributed by atoms with van der Waals surface area (Å²) in [4.78, 5) is 4.15. The number of halogens is 1. The second-order valence-corrected chi connectivity index (χ2v) is 3.94. The van der Waals surface area contributed by atoms with Crippen molar-refractivity contribution in [2.45, 2.75) is 20.0 Å². The minimum atomic E-state index is -0.221. The second kappa shape index (κ2) is 5.05. The molecular weight excluding hydrogens is 219 g/mol. The van der Waals surface area contributed by atoms with Gasteiger partial charge >= 0.3 is 0 Å². The van der Waals surface area contributed by atoms with E-state index in [-0.39, 0.29) is 5.82 Å². The quantitative estimate of drug-likeness (QED) is 0.871. The van der Waals surface area contributed by atoms with Crippen LogP contribution in [0.15, 0.2) is 24.5 Å². The first-order valence-corrected chi connectivity index (χ1v) is 5.47. The molecule has 0 unspecified atom stereocenters. The molecule has 0 bridgehead atoms. The van der Waals surface area contributed by atoms with Crippen LogP contribution < -0.4 is 5.32 Å². The van der Waals surface area contributed by atoms with Crippen LogP contribution in [-0.4, -0.2) is 21.8 Å². The first-order valence-electron chi connectivity index (χ1n) is 5.47. The lowest BCUT2D eigenvalue weighted by atomic mass is 10.1. The summed E-state index contributed by atoms with van der Waals surface area (Å²) in [6.07, 6.45) is 1.52. The molecular formula is C12H15FN4. The van der Waals surface area contributed by atoms with E-state index in [0.717, 1.165) is 17.0 Å². The van der Waals surface area contributed by atoms with E-state index in [0.29, 0.717) is 13.1 Å². The van der Waals surface area contributed by atoms with Crippen LogP contribution in [0, 0.1) is 12.7 Å². The van der Waals surface area contributed by atoms with Crippen molar-refractivity contribution >= 4 is 0 Å². The lowest BCUT2D eigenvalue weighted by Crippen LogP contribution is -2.14. The molecule has 0 radical (unpaired) electrons. The molecule has 2 aromatic rings. The zero-order valence-electron chi connectivity index (χ0n) is 9.94. The van der Waals surface area contributed by atoms with E-state index < -0.39 is 0 Å². The van der Waals surface area contributed by atoms with Crippen molar-refractivity contribution in [1.29, 1.82) is 0 Å². The van der Waals surface area contributed by atoms with Gasteiger partial charge in [0.2, 0.25) is 0 Å². The molecule has 17 heavy (non-hydrogen) atoms. The molecule has 0 aliphatic heterocycles. The fourth-order valence-corrected chi connectivity index (χ4v) is 1.69. The predicted molar refractivity (Wildman–Crippen MR) is 63.0 cm³/mol. The van der Waals surface area contributed by atoms with E-state index in [4.69, 9.17) is 0 Å². The van der Waals surface area contributed by atoms with Gasteiger partial charge in [0.25, 0.3) is 0 Å². The van der Waals surface area contributed by atoms with Gasteiger partial charge in [0, 0.05) is 0 Å². The van der Waals surface area contributed by atoms with Crippen molar-refractivity contribution in [3.8, 4) is 0 Å². The molecule has 0 atom stereocenters. The third kappa shape index (κ3) is 2.68. The van der Waals surface area contributed by atoms with Gasteiger partial charge in [0.05, 0.1) is 13.1 Å². The molecule has 0 saturated carbocycles. The van der Waals surface area contributed by atoms with Gasteiger partial charge in [-0.2, -0.15) is 5.10 Å². The lowest BCUT2D eigenvalue weighted by molar-refractivity contribution is 0.598. The number of hydrogen-bond acceptors (Lipinski definition) is 3. The molecule has 0 aliphatic carbocycles. The predicted octanol–water partition coefficient (Wildman–Crippen LogP) is 1.49. The number of nitrogens with one attached hydrogen (secondary N) is 1. The Morgan fingerprint density at radius 3 is 3.00 bits per heavy atom. The maximum Gasteiger partial charge on any atom is 0.141 e. The van der Waals surface area contributed by atoms with E-state index in [1.54, 1.807) is 16.8 Å². The van der Waals surface area contributed by atoms with Crippen LogP contribution in [0.5, 0.6) is 0 Å². The Labute approximate surface area is 99.5 Å². The van der Waals surface area contributed by atoms with Crippen molar-refractivity contribution in [1.82, 2.24) is 20.1 Å². The first-order chi connectivity index (χ1) is 8.20. The van der Waals surface area contributed by atoms with E-state index in [1.165, 1.54) is 12.4 Å². The largest absolute Gasteiger partial charge is 0.313 e. The number of rotatable bonds is 4. The normalized spacial score (nSPS) is 10.8. The Hall–Kier alpha value is -1.75. The summed E-state index contributed by atoms with van der Waals surface area (Å²) in [5.74, 6) is 0.622. The van der Waals surface area contributed by atoms with Crippen LogP contribution >= 0.6 is 0 Å². The van der Waals surface area contributed by atoms with Crippen molar-refractivity contribution in [3.05, 3.63) is 47.3 Å². The molecule has 4 nitrogen and oxygen atoms in total. The van der Waals surface area contributed by atoms with E-state index in [9.17, 15) is 4.39 Å². The van der Waals surface area contributed by atoms with Crippen LogP contribution in [0.1, 0.15) is 17.0 Å². The van der Waals surface area contributed by atoms with Gasteiger partial charge in [-0.1, -0.05) is 6.07 Å². The average molecular weight is 234 g/mol. The molecule has 0 saturated heterocycles. The topological polar surface area (TPSA) is 42.7 Å². The average Bonchev–Trinajstić information content (AvgIpc) is 2.72. The summed E-state index contributed by atoms with van der Waals surface area (Å²) in [7, 11) is 1.85. The van der Waals surface area contributed by atoms with Crippen LogP contribution in [0.4, 0.5) is 4.39 Å². The zero-order chi connectivity index (χ0) is 12.3. The molecule has 90 valence electrons. The molecule has 1 heterocycles. The fourth-order valence-electron chi connectivity index (χ4n) is 1.69. The van der Waals surface area contributed by atoms with Crippen LogP contribution in [0.3, 0.4) is 0 Å². The summed E-state index contributed by atoms with van der Waals surface area (Å²) in [6.45, 7) is 3.15. The molecule has 1 N–H and O–H groups in total. The molecule has 0 fully saturated rings. The highest BCUT2D eigenvalue weighted by Gasteiger charge is 2.06. The molecule has 1 aromatic carbocycles. The zero-order valence-corrected chi connectivity index (χ0v) is 9.94. The Morgan fingerprint density at radius 2 is 2.24 bits per heavy atom. The Balaban J connectivity index is 2.25. The molecule has 0 amide bonds. The van der Waals surface area contributed by atoms with E-state index in [2.05, 4.69) is 15.4 Å². The number of nitrogens with zero attached hydrogens (tertiary/aromatic N) is 3. The highest BCUT2D eigenvalue weighted by atomic mass is 19.1. The number of hydrogen-bond donors (Lipinski definition) is 1. The monoisotopic (exact) mass is 234 g/mol. The van der Waals surface area contributed by atoms with Gasteiger partial charge < -0.3 is 5.32 Å². The molecule has 1 aromatic heterocycles. The maximum absolute atomic E-state index is 13.2. The van der Waals surface area contributed by atoms with Gasteiger partial charge in [0.15, 0.2) is 0 Å². The van der Waals surface area contributed by atoms with Crippen molar-refractivity contribution < 1.29 is 4.39 Å². The van der Waals surface area contributed by atoms with Crippen LogP contribution in [0.25, 0.3) is 0 Å². The highest BCUT2D eigenvalue weighted by molar-refractivity contribution is 5.26. The standard InChI is InChI=1S/C12H15FN4/c1-9-3-4-11(13)5-10(9)7-17-12(6-14-2)15-8-16-17/h3-5,8,14H,6-7H2,1-2H3. The number of aromatic nitrogens is 3. The van der Waals surface area contributed by atoms with Gasteiger partial charge in [-0.15, -0.1) is 0 Å². The van der Waals surface area contributed by atoms with Crippen molar-refractivity contribution in [2.75, 3.05) is 7.05 Å². The van der Waals surface area contributed by atoms with Gasteiger partial charge in [0.1, 0.15) is 18.0 Å². The second-order valence-electron chi connectivity index (χ2n) is 3.94.